The molecule has 0 atom stereocenters. The van der Waals surface area contributed by atoms with Gasteiger partial charge >= 0.3 is 5.97 Å². The first-order valence-corrected chi connectivity index (χ1v) is 7.34. The van der Waals surface area contributed by atoms with Crippen molar-refractivity contribution in [1.82, 2.24) is 0 Å². The van der Waals surface area contributed by atoms with Crippen LogP contribution in [0.1, 0.15) is 33.5 Å². The van der Waals surface area contributed by atoms with Crippen molar-refractivity contribution in [3.63, 3.8) is 0 Å². The van der Waals surface area contributed by atoms with Crippen LogP contribution < -0.4 is 5.73 Å². The molecule has 0 heterocycles. The Balaban J connectivity index is 1.67. The zero-order chi connectivity index (χ0) is 14.8. The topological polar surface area (TPSA) is 52.3 Å². The third kappa shape index (κ3) is 3.03. The molecule has 0 saturated carbocycles. The Hall–Kier alpha value is -2.00. The van der Waals surface area contributed by atoms with E-state index in [1.165, 1.54) is 23.6 Å². The molecule has 2 aromatic rings. The highest BCUT2D eigenvalue weighted by molar-refractivity contribution is 6.33. The van der Waals surface area contributed by atoms with Crippen LogP contribution in [0.25, 0.3) is 0 Å². The zero-order valence-electron chi connectivity index (χ0n) is 11.6. The molecule has 0 bridgehead atoms. The Morgan fingerprint density at radius 2 is 1.95 bits per heavy atom. The van der Waals surface area contributed by atoms with Crippen molar-refractivity contribution in [1.29, 1.82) is 0 Å². The molecule has 0 radical (unpaired) electrons. The summed E-state index contributed by atoms with van der Waals surface area (Å²) < 4.78 is 5.33. The number of halogens is 1. The van der Waals surface area contributed by atoms with E-state index in [1.54, 1.807) is 12.1 Å². The number of ether oxygens (including phenoxy) is 1. The van der Waals surface area contributed by atoms with Crippen LogP contribution in [-0.4, -0.2) is 5.97 Å². The maximum Gasteiger partial charge on any atom is 0.338 e. The molecule has 2 N–H and O–H groups in total. The van der Waals surface area contributed by atoms with Gasteiger partial charge in [0.05, 0.1) is 16.3 Å². The average molecular weight is 302 g/mol. The third-order valence-electron chi connectivity index (χ3n) is 3.76. The summed E-state index contributed by atoms with van der Waals surface area (Å²) in [6.07, 6.45) is 3.48. The molecule has 3 rings (SSSR count). The summed E-state index contributed by atoms with van der Waals surface area (Å²) >= 11 is 5.84. The van der Waals surface area contributed by atoms with Gasteiger partial charge < -0.3 is 10.5 Å². The van der Waals surface area contributed by atoms with Crippen LogP contribution >= 0.6 is 11.6 Å². The maximum absolute atomic E-state index is 12.0. The Kier molecular flexibility index (Phi) is 3.84. The maximum atomic E-state index is 12.0. The number of hydrogen-bond donors (Lipinski definition) is 1. The first-order chi connectivity index (χ1) is 10.1. The van der Waals surface area contributed by atoms with Crippen LogP contribution in [-0.2, 0) is 24.2 Å². The van der Waals surface area contributed by atoms with Gasteiger partial charge in [-0.15, -0.1) is 0 Å². The number of carbonyl (C=O) groups excluding carboxylic acids is 1. The number of fused-ring (bicyclic) bond motifs is 1. The summed E-state index contributed by atoms with van der Waals surface area (Å²) in [6, 6.07) is 11.0. The molecule has 0 aromatic heterocycles. The highest BCUT2D eigenvalue weighted by Gasteiger charge is 2.12. The molecule has 0 aliphatic heterocycles. The van der Waals surface area contributed by atoms with Gasteiger partial charge in [0, 0.05) is 0 Å². The Morgan fingerprint density at radius 3 is 2.76 bits per heavy atom. The number of esters is 1. The largest absolute Gasteiger partial charge is 0.457 e. The second kappa shape index (κ2) is 5.78. The SMILES string of the molecule is Nc1cc(C(=O)OCc2ccc3c(c2)CCC3)ccc1Cl. The summed E-state index contributed by atoms with van der Waals surface area (Å²) in [5.41, 5.74) is 10.3. The van der Waals surface area contributed by atoms with Gasteiger partial charge in [0.2, 0.25) is 0 Å². The van der Waals surface area contributed by atoms with Crippen LogP contribution in [0, 0.1) is 0 Å². The molecule has 0 unspecified atom stereocenters. The van der Waals surface area contributed by atoms with Crippen molar-refractivity contribution in [3.05, 3.63) is 63.7 Å². The number of anilines is 1. The molecule has 0 fully saturated rings. The number of nitrogen functional groups attached to an aromatic ring is 1. The van der Waals surface area contributed by atoms with E-state index in [9.17, 15) is 4.79 Å². The number of hydrogen-bond acceptors (Lipinski definition) is 3. The van der Waals surface area contributed by atoms with Gasteiger partial charge in [-0.2, -0.15) is 0 Å². The van der Waals surface area contributed by atoms with Gasteiger partial charge in [0.15, 0.2) is 0 Å². The minimum atomic E-state index is -0.390. The predicted molar refractivity (Wildman–Crippen MR) is 83.5 cm³/mol. The second-order valence-corrected chi connectivity index (χ2v) is 5.68. The first kappa shape index (κ1) is 14.0. The summed E-state index contributed by atoms with van der Waals surface area (Å²) in [4.78, 5) is 12.0. The molecule has 21 heavy (non-hydrogen) atoms. The van der Waals surface area contributed by atoms with Crippen molar-refractivity contribution >= 4 is 23.3 Å². The van der Waals surface area contributed by atoms with Crippen LogP contribution in [0.4, 0.5) is 5.69 Å². The fourth-order valence-corrected chi connectivity index (χ4v) is 2.74. The molecule has 1 aliphatic rings. The smallest absolute Gasteiger partial charge is 0.338 e. The van der Waals surface area contributed by atoms with E-state index < -0.39 is 0 Å². The van der Waals surface area contributed by atoms with E-state index >= 15 is 0 Å². The average Bonchev–Trinajstić information content (AvgIpc) is 2.95. The van der Waals surface area contributed by atoms with E-state index in [2.05, 4.69) is 12.1 Å². The molecule has 0 amide bonds. The second-order valence-electron chi connectivity index (χ2n) is 5.27. The van der Waals surface area contributed by atoms with Gasteiger partial charge in [-0.05, 0) is 54.2 Å². The fourth-order valence-electron chi connectivity index (χ4n) is 2.62. The monoisotopic (exact) mass is 301 g/mol. The number of benzene rings is 2. The number of rotatable bonds is 3. The minimum absolute atomic E-state index is 0.272. The highest BCUT2D eigenvalue weighted by Crippen LogP contribution is 2.24. The molecule has 0 saturated heterocycles. The normalized spacial score (nSPS) is 13.0. The summed E-state index contributed by atoms with van der Waals surface area (Å²) in [5, 5.41) is 0.435. The zero-order valence-corrected chi connectivity index (χ0v) is 12.3. The Bertz CT molecular complexity index is 697. The molecule has 2 aromatic carbocycles. The van der Waals surface area contributed by atoms with Crippen molar-refractivity contribution in [2.24, 2.45) is 0 Å². The summed E-state index contributed by atoms with van der Waals surface area (Å²) in [6.45, 7) is 0.272. The van der Waals surface area contributed by atoms with E-state index in [4.69, 9.17) is 22.1 Å². The van der Waals surface area contributed by atoms with Crippen molar-refractivity contribution in [2.75, 3.05) is 5.73 Å². The molecule has 108 valence electrons. The summed E-state index contributed by atoms with van der Waals surface area (Å²) in [5.74, 6) is -0.390. The van der Waals surface area contributed by atoms with Crippen molar-refractivity contribution < 1.29 is 9.53 Å². The highest BCUT2D eigenvalue weighted by atomic mass is 35.5. The molecular formula is C17H16ClNO2. The lowest BCUT2D eigenvalue weighted by Crippen LogP contribution is -2.06. The van der Waals surface area contributed by atoms with E-state index in [0.29, 0.717) is 16.3 Å². The van der Waals surface area contributed by atoms with Crippen LogP contribution in [0.2, 0.25) is 5.02 Å². The van der Waals surface area contributed by atoms with Crippen molar-refractivity contribution in [2.45, 2.75) is 25.9 Å². The third-order valence-corrected chi connectivity index (χ3v) is 4.11. The van der Waals surface area contributed by atoms with Gasteiger partial charge in [0.1, 0.15) is 6.61 Å². The van der Waals surface area contributed by atoms with Gasteiger partial charge in [-0.3, -0.25) is 0 Å². The fraction of sp³-hybridized carbons (Fsp3) is 0.235. The van der Waals surface area contributed by atoms with E-state index in [-0.39, 0.29) is 12.6 Å². The van der Waals surface area contributed by atoms with Crippen LogP contribution in [0.15, 0.2) is 36.4 Å². The van der Waals surface area contributed by atoms with Crippen molar-refractivity contribution in [3.8, 4) is 0 Å². The molecule has 0 spiro atoms. The minimum Gasteiger partial charge on any atom is -0.457 e. The van der Waals surface area contributed by atoms with Gasteiger partial charge in [-0.25, -0.2) is 4.79 Å². The predicted octanol–water partition coefficient (Wildman–Crippen LogP) is 3.77. The van der Waals surface area contributed by atoms with Crippen LogP contribution in [0.5, 0.6) is 0 Å². The van der Waals surface area contributed by atoms with Gasteiger partial charge in [-0.1, -0.05) is 29.8 Å². The summed E-state index contributed by atoms with van der Waals surface area (Å²) in [7, 11) is 0. The van der Waals surface area contributed by atoms with Gasteiger partial charge in [0.25, 0.3) is 0 Å². The number of aryl methyl sites for hydroxylation is 2. The standard InChI is InChI=1S/C17H16ClNO2/c18-15-7-6-14(9-16(15)19)17(20)21-10-11-4-5-12-2-1-3-13(12)8-11/h4-9H,1-3,10,19H2. The van der Waals surface area contributed by atoms with E-state index in [0.717, 1.165) is 18.4 Å². The quantitative estimate of drug-likeness (QED) is 0.693. The number of carbonyl (C=O) groups is 1. The van der Waals surface area contributed by atoms with E-state index in [1.807, 2.05) is 6.07 Å². The Labute approximate surface area is 128 Å². The molecule has 1 aliphatic carbocycles. The molecule has 4 heteroatoms. The lowest BCUT2D eigenvalue weighted by atomic mass is 10.1. The van der Waals surface area contributed by atoms with Crippen LogP contribution in [0.3, 0.4) is 0 Å². The molecular weight excluding hydrogens is 286 g/mol. The lowest BCUT2D eigenvalue weighted by molar-refractivity contribution is 0.0472. The Morgan fingerprint density at radius 1 is 1.14 bits per heavy atom. The lowest BCUT2D eigenvalue weighted by Gasteiger charge is -2.08. The molecule has 3 nitrogen and oxygen atoms in total. The number of nitrogens with two attached hydrogens (primary N) is 1. The first-order valence-electron chi connectivity index (χ1n) is 6.96.